The quantitative estimate of drug-likeness (QED) is 0.292. The minimum absolute atomic E-state index is 0.217. The van der Waals surface area contributed by atoms with Crippen LogP contribution >= 0.6 is 0 Å². The number of rotatable bonds is 10. The van der Waals surface area contributed by atoms with E-state index in [1.807, 2.05) is 30.3 Å². The molecule has 0 spiro atoms. The minimum Gasteiger partial charge on any atom is -0.496 e. The predicted octanol–water partition coefficient (Wildman–Crippen LogP) is 5.95. The Morgan fingerprint density at radius 2 is 1.12 bits per heavy atom. The van der Waals surface area contributed by atoms with E-state index in [1.165, 1.54) is 0 Å². The Balaban J connectivity index is 2.06. The average Bonchev–Trinajstić information content (AvgIpc) is 2.83. The van der Waals surface area contributed by atoms with Gasteiger partial charge in [0.25, 0.3) is 0 Å². The maximum absolute atomic E-state index is 5.55. The molecule has 0 atom stereocenters. The van der Waals surface area contributed by atoms with Crippen molar-refractivity contribution in [2.45, 2.75) is 13.8 Å². The molecule has 0 aromatic heterocycles. The summed E-state index contributed by atoms with van der Waals surface area (Å²) in [6.07, 6.45) is 0. The predicted molar refractivity (Wildman–Crippen MR) is 127 cm³/mol. The molecule has 3 aromatic carbocycles. The first-order valence-corrected chi connectivity index (χ1v) is 10.4. The summed E-state index contributed by atoms with van der Waals surface area (Å²) >= 11 is 0. The number of aryl methyl sites for hydroxylation is 1. The van der Waals surface area contributed by atoms with Crippen molar-refractivity contribution in [3.63, 3.8) is 0 Å². The zero-order valence-corrected chi connectivity index (χ0v) is 19.3. The molecule has 168 valence electrons. The molecule has 0 aliphatic rings. The molecular weight excluding hydrogens is 404 g/mol. The van der Waals surface area contributed by atoms with Crippen molar-refractivity contribution in [2.75, 3.05) is 34.9 Å². The fourth-order valence-electron chi connectivity index (χ4n) is 3.55. The summed E-state index contributed by atoms with van der Waals surface area (Å²) in [7, 11) is 4.90. The van der Waals surface area contributed by atoms with Gasteiger partial charge in [-0.3, -0.25) is 0 Å². The molecule has 0 N–H and O–H groups in total. The fourth-order valence-corrected chi connectivity index (χ4v) is 3.55. The van der Waals surface area contributed by atoms with Crippen LogP contribution in [0.25, 0.3) is 11.1 Å². The highest BCUT2D eigenvalue weighted by molar-refractivity contribution is 5.98. The van der Waals surface area contributed by atoms with Crippen LogP contribution in [0.1, 0.15) is 29.2 Å². The van der Waals surface area contributed by atoms with E-state index in [9.17, 15) is 0 Å². The summed E-state index contributed by atoms with van der Waals surface area (Å²) in [5.41, 5.74) is 6.70. The second kappa shape index (κ2) is 11.4. The zero-order valence-electron chi connectivity index (χ0n) is 19.3. The molecule has 5 heteroatoms. The Labute approximate surface area is 190 Å². The lowest BCUT2D eigenvalue weighted by atomic mass is 9.90. The molecule has 32 heavy (non-hydrogen) atoms. The molecule has 0 saturated heterocycles. The fraction of sp³-hybridized carbons (Fsp3) is 0.259. The van der Waals surface area contributed by atoms with Gasteiger partial charge >= 0.3 is 0 Å². The van der Waals surface area contributed by atoms with Crippen LogP contribution in [0.3, 0.4) is 0 Å². The molecule has 0 aliphatic heterocycles. The highest BCUT2D eigenvalue weighted by Gasteiger charge is 2.13. The van der Waals surface area contributed by atoms with Crippen LogP contribution in [0.2, 0.25) is 0 Å². The summed E-state index contributed by atoms with van der Waals surface area (Å²) in [6.45, 7) is 4.63. The molecule has 0 heterocycles. The lowest BCUT2D eigenvalue weighted by Gasteiger charge is -2.16. The third-order valence-electron chi connectivity index (χ3n) is 5.18. The number of ether oxygens (including phenoxy) is 5. The van der Waals surface area contributed by atoms with Crippen LogP contribution in [-0.4, -0.2) is 34.9 Å². The van der Waals surface area contributed by atoms with Crippen LogP contribution < -0.4 is 14.2 Å². The van der Waals surface area contributed by atoms with Gasteiger partial charge in [0, 0.05) is 14.2 Å². The van der Waals surface area contributed by atoms with E-state index < -0.39 is 0 Å². The molecule has 3 rings (SSSR count). The van der Waals surface area contributed by atoms with E-state index in [1.54, 1.807) is 21.3 Å². The van der Waals surface area contributed by atoms with Gasteiger partial charge in [-0.15, -0.1) is 0 Å². The van der Waals surface area contributed by atoms with E-state index in [4.69, 9.17) is 23.7 Å². The molecular formula is C27H30O5. The summed E-state index contributed by atoms with van der Waals surface area (Å²) in [6, 6.07) is 22.3. The van der Waals surface area contributed by atoms with Crippen molar-refractivity contribution in [1.82, 2.24) is 0 Å². The van der Waals surface area contributed by atoms with Crippen molar-refractivity contribution in [1.29, 1.82) is 0 Å². The number of methoxy groups -OCH3 is 3. The molecule has 0 aliphatic carbocycles. The first kappa shape index (κ1) is 23.4. The minimum atomic E-state index is 0.217. The third-order valence-corrected chi connectivity index (χ3v) is 5.18. The van der Waals surface area contributed by atoms with Crippen molar-refractivity contribution < 1.29 is 23.7 Å². The molecule has 0 saturated carbocycles. The zero-order chi connectivity index (χ0) is 22.9. The second-order valence-electron chi connectivity index (χ2n) is 7.33. The van der Waals surface area contributed by atoms with E-state index in [-0.39, 0.29) is 13.6 Å². The van der Waals surface area contributed by atoms with Gasteiger partial charge in [0.1, 0.15) is 17.2 Å². The summed E-state index contributed by atoms with van der Waals surface area (Å²) in [5.74, 6) is 2.40. The number of benzene rings is 3. The lowest BCUT2D eigenvalue weighted by molar-refractivity contribution is 0.0509. The maximum atomic E-state index is 5.55. The molecule has 0 unspecified atom stereocenters. The van der Waals surface area contributed by atoms with Crippen molar-refractivity contribution in [2.24, 2.45) is 0 Å². The first-order valence-electron chi connectivity index (χ1n) is 10.4. The largest absolute Gasteiger partial charge is 0.496 e. The third kappa shape index (κ3) is 5.69. The highest BCUT2D eigenvalue weighted by atomic mass is 16.7. The van der Waals surface area contributed by atoms with Crippen LogP contribution in [0, 0.1) is 6.92 Å². The molecule has 0 amide bonds. The Kier molecular flexibility index (Phi) is 8.31. The SMILES string of the molecule is COCOc1ccc(C(=C(C)c2ccc(OC)c(C)c2)c2ccc(OCOC)cc2)cc1. The van der Waals surface area contributed by atoms with E-state index in [0.717, 1.165) is 50.6 Å². The average molecular weight is 435 g/mol. The Bertz CT molecular complexity index is 983. The number of hydrogen-bond acceptors (Lipinski definition) is 5. The smallest absolute Gasteiger partial charge is 0.188 e. The standard InChI is InChI=1S/C27H30O5/c1-19-16-23(10-15-26(19)30-5)20(2)27(21-6-11-24(12-7-21)31-17-28-3)22-8-13-25(14-9-22)32-18-29-4/h6-16H,17-18H2,1-5H3. The van der Waals surface area contributed by atoms with Crippen molar-refractivity contribution in [3.8, 4) is 17.2 Å². The van der Waals surface area contributed by atoms with Crippen LogP contribution in [-0.2, 0) is 9.47 Å². The van der Waals surface area contributed by atoms with Gasteiger partial charge in [0.2, 0.25) is 0 Å². The first-order chi connectivity index (χ1) is 15.6. The molecule has 0 fully saturated rings. The van der Waals surface area contributed by atoms with Crippen LogP contribution in [0.5, 0.6) is 17.2 Å². The topological polar surface area (TPSA) is 46.2 Å². The normalized spacial score (nSPS) is 10.5. The summed E-state index contributed by atoms with van der Waals surface area (Å²) in [4.78, 5) is 0. The van der Waals surface area contributed by atoms with Gasteiger partial charge in [0.05, 0.1) is 7.11 Å². The van der Waals surface area contributed by atoms with Gasteiger partial charge in [-0.05, 0) is 83.6 Å². The summed E-state index contributed by atoms with van der Waals surface area (Å²) in [5, 5.41) is 0. The second-order valence-corrected chi connectivity index (χ2v) is 7.33. The monoisotopic (exact) mass is 434 g/mol. The van der Waals surface area contributed by atoms with Gasteiger partial charge < -0.3 is 23.7 Å². The van der Waals surface area contributed by atoms with E-state index >= 15 is 0 Å². The number of allylic oxidation sites excluding steroid dienone is 1. The Morgan fingerprint density at radius 3 is 1.53 bits per heavy atom. The van der Waals surface area contributed by atoms with Gasteiger partial charge in [-0.1, -0.05) is 30.3 Å². The Hall–Kier alpha value is -3.28. The highest BCUT2D eigenvalue weighted by Crippen LogP contribution is 2.35. The van der Waals surface area contributed by atoms with Crippen LogP contribution in [0.4, 0.5) is 0 Å². The molecule has 0 radical (unpaired) electrons. The number of hydrogen-bond donors (Lipinski definition) is 0. The molecule has 0 bridgehead atoms. The lowest BCUT2D eigenvalue weighted by Crippen LogP contribution is -2.00. The van der Waals surface area contributed by atoms with E-state index in [2.05, 4.69) is 50.2 Å². The van der Waals surface area contributed by atoms with Crippen molar-refractivity contribution in [3.05, 3.63) is 89.0 Å². The van der Waals surface area contributed by atoms with Gasteiger partial charge in [-0.25, -0.2) is 0 Å². The molecule has 3 aromatic rings. The maximum Gasteiger partial charge on any atom is 0.188 e. The van der Waals surface area contributed by atoms with E-state index in [0.29, 0.717) is 0 Å². The van der Waals surface area contributed by atoms with Crippen LogP contribution in [0.15, 0.2) is 66.7 Å². The molecule has 5 nitrogen and oxygen atoms in total. The summed E-state index contributed by atoms with van der Waals surface area (Å²) < 4.78 is 26.5. The Morgan fingerprint density at radius 1 is 0.656 bits per heavy atom. The van der Waals surface area contributed by atoms with Gasteiger partial charge in [0.15, 0.2) is 13.6 Å². The van der Waals surface area contributed by atoms with Crippen molar-refractivity contribution >= 4 is 11.1 Å². The van der Waals surface area contributed by atoms with Gasteiger partial charge in [-0.2, -0.15) is 0 Å².